The van der Waals surface area contributed by atoms with Crippen molar-refractivity contribution in [3.8, 4) is 11.5 Å². The van der Waals surface area contributed by atoms with E-state index in [1.807, 2.05) is 18.2 Å². The Balaban J connectivity index is 1.41. The van der Waals surface area contributed by atoms with Gasteiger partial charge >= 0.3 is 5.97 Å². The lowest BCUT2D eigenvalue weighted by atomic mass is 10.2. The molecule has 4 rings (SSSR count). The molecule has 2 aliphatic heterocycles. The topological polar surface area (TPSA) is 85.4 Å². The molecule has 0 spiro atoms. The summed E-state index contributed by atoms with van der Waals surface area (Å²) < 4.78 is 42.8. The third-order valence-corrected chi connectivity index (χ3v) is 7.76. The molecule has 3 heterocycles. The highest BCUT2D eigenvalue weighted by atomic mass is 32.2. The van der Waals surface area contributed by atoms with Gasteiger partial charge in [0.05, 0.1) is 7.11 Å². The van der Waals surface area contributed by atoms with Gasteiger partial charge in [0.25, 0.3) is 0 Å². The van der Waals surface area contributed by atoms with Crippen molar-refractivity contribution in [2.45, 2.75) is 11.4 Å². The first kappa shape index (κ1) is 19.2. The highest BCUT2D eigenvalue weighted by Crippen LogP contribution is 2.33. The number of methoxy groups -OCH3 is 1. The van der Waals surface area contributed by atoms with Crippen LogP contribution >= 0.6 is 11.3 Å². The summed E-state index contributed by atoms with van der Waals surface area (Å²) in [6.07, 6.45) is 0. The smallest absolute Gasteiger partial charge is 0.349 e. The van der Waals surface area contributed by atoms with Crippen LogP contribution in [0, 0.1) is 0 Å². The zero-order chi connectivity index (χ0) is 19.7. The molecule has 0 N–H and O–H groups in total. The Hall–Kier alpha value is -2.14. The molecular weight excluding hydrogens is 404 g/mol. The van der Waals surface area contributed by atoms with Crippen LogP contribution in [0.4, 0.5) is 0 Å². The fourth-order valence-corrected chi connectivity index (χ4v) is 6.04. The number of hydrogen-bond acceptors (Lipinski definition) is 8. The third kappa shape index (κ3) is 3.60. The van der Waals surface area contributed by atoms with E-state index in [-0.39, 0.29) is 16.6 Å². The number of ether oxygens (including phenoxy) is 3. The molecule has 150 valence electrons. The van der Waals surface area contributed by atoms with Gasteiger partial charge in [-0.3, -0.25) is 4.90 Å². The average Bonchev–Trinajstić information content (AvgIpc) is 3.37. The highest BCUT2D eigenvalue weighted by molar-refractivity contribution is 7.89. The van der Waals surface area contributed by atoms with E-state index < -0.39 is 16.0 Å². The number of esters is 1. The number of carbonyl (C=O) groups is 1. The molecule has 0 saturated carbocycles. The van der Waals surface area contributed by atoms with Crippen molar-refractivity contribution < 1.29 is 27.4 Å². The SMILES string of the molecule is COC(=O)c1sccc1S(=O)(=O)N1CCN(Cc2ccc3c(c2)OCO3)CC1. The molecule has 1 fully saturated rings. The molecule has 8 nitrogen and oxygen atoms in total. The molecular formula is C18H20N2O6S2. The number of thiophene rings is 1. The van der Waals surface area contributed by atoms with Crippen LogP contribution in [0.2, 0.25) is 0 Å². The maximum atomic E-state index is 13.0. The van der Waals surface area contributed by atoms with E-state index in [1.165, 1.54) is 17.5 Å². The van der Waals surface area contributed by atoms with Gasteiger partial charge in [-0.15, -0.1) is 11.3 Å². The van der Waals surface area contributed by atoms with E-state index >= 15 is 0 Å². The molecule has 1 aromatic heterocycles. The summed E-state index contributed by atoms with van der Waals surface area (Å²) >= 11 is 1.07. The summed E-state index contributed by atoms with van der Waals surface area (Å²) in [6.45, 7) is 2.88. The predicted molar refractivity (Wildman–Crippen MR) is 102 cm³/mol. The molecule has 0 atom stereocenters. The van der Waals surface area contributed by atoms with Crippen molar-refractivity contribution in [1.29, 1.82) is 0 Å². The van der Waals surface area contributed by atoms with Crippen LogP contribution in [-0.4, -0.2) is 63.7 Å². The van der Waals surface area contributed by atoms with Crippen LogP contribution in [0.15, 0.2) is 34.5 Å². The van der Waals surface area contributed by atoms with Gasteiger partial charge < -0.3 is 14.2 Å². The van der Waals surface area contributed by atoms with Crippen molar-refractivity contribution in [1.82, 2.24) is 9.21 Å². The van der Waals surface area contributed by atoms with Crippen molar-refractivity contribution >= 4 is 27.3 Å². The second-order valence-electron chi connectivity index (χ2n) is 6.47. The summed E-state index contributed by atoms with van der Waals surface area (Å²) in [6, 6.07) is 7.30. The first-order valence-corrected chi connectivity index (χ1v) is 11.1. The summed E-state index contributed by atoms with van der Waals surface area (Å²) in [4.78, 5) is 14.2. The summed E-state index contributed by atoms with van der Waals surface area (Å²) in [5.74, 6) is 0.860. The van der Waals surface area contributed by atoms with E-state index in [2.05, 4.69) is 4.90 Å². The zero-order valence-corrected chi connectivity index (χ0v) is 16.9. The van der Waals surface area contributed by atoms with E-state index in [1.54, 1.807) is 5.38 Å². The van der Waals surface area contributed by atoms with Crippen molar-refractivity contribution in [3.63, 3.8) is 0 Å². The summed E-state index contributed by atoms with van der Waals surface area (Å²) in [5.41, 5.74) is 1.09. The van der Waals surface area contributed by atoms with Crippen LogP contribution < -0.4 is 9.47 Å². The number of nitrogens with zero attached hydrogens (tertiary/aromatic N) is 2. The molecule has 2 aromatic rings. The van der Waals surface area contributed by atoms with Gasteiger partial charge in [0.15, 0.2) is 11.5 Å². The van der Waals surface area contributed by atoms with Crippen molar-refractivity contribution in [2.75, 3.05) is 40.1 Å². The molecule has 0 radical (unpaired) electrons. The Labute approximate surface area is 167 Å². The van der Waals surface area contributed by atoms with Gasteiger partial charge in [-0.2, -0.15) is 4.31 Å². The zero-order valence-electron chi connectivity index (χ0n) is 15.3. The quantitative estimate of drug-likeness (QED) is 0.676. The molecule has 0 unspecified atom stereocenters. The minimum atomic E-state index is -3.73. The van der Waals surface area contributed by atoms with Crippen LogP contribution in [0.3, 0.4) is 0 Å². The lowest BCUT2D eigenvalue weighted by Gasteiger charge is -2.34. The number of carbonyl (C=O) groups excluding carboxylic acids is 1. The Bertz CT molecular complexity index is 980. The van der Waals surface area contributed by atoms with E-state index in [4.69, 9.17) is 14.2 Å². The van der Waals surface area contributed by atoms with Crippen molar-refractivity contribution in [3.05, 3.63) is 40.1 Å². The normalized spacial score (nSPS) is 17.6. The highest BCUT2D eigenvalue weighted by Gasteiger charge is 2.33. The number of fused-ring (bicyclic) bond motifs is 1. The van der Waals surface area contributed by atoms with Crippen LogP contribution in [0.25, 0.3) is 0 Å². The molecule has 10 heteroatoms. The Morgan fingerprint density at radius 1 is 1.14 bits per heavy atom. The van der Waals surface area contributed by atoms with Gasteiger partial charge in [-0.1, -0.05) is 6.07 Å². The van der Waals surface area contributed by atoms with Gasteiger partial charge in [-0.05, 0) is 29.1 Å². The fourth-order valence-electron chi connectivity index (χ4n) is 3.31. The fraction of sp³-hybridized carbons (Fsp3) is 0.389. The maximum Gasteiger partial charge on any atom is 0.349 e. The van der Waals surface area contributed by atoms with Gasteiger partial charge in [0.2, 0.25) is 16.8 Å². The first-order valence-electron chi connectivity index (χ1n) is 8.76. The number of benzene rings is 1. The summed E-state index contributed by atoms with van der Waals surface area (Å²) in [7, 11) is -2.49. The third-order valence-electron chi connectivity index (χ3n) is 4.79. The number of hydrogen-bond donors (Lipinski definition) is 0. The van der Waals surface area contributed by atoms with E-state index in [0.717, 1.165) is 28.4 Å². The van der Waals surface area contributed by atoms with Crippen LogP contribution in [-0.2, 0) is 21.3 Å². The minimum Gasteiger partial charge on any atom is -0.465 e. The Morgan fingerprint density at radius 3 is 2.64 bits per heavy atom. The molecule has 2 aliphatic rings. The molecule has 0 amide bonds. The molecule has 1 aromatic carbocycles. The lowest BCUT2D eigenvalue weighted by Crippen LogP contribution is -2.48. The molecule has 1 saturated heterocycles. The Kier molecular flexibility index (Phi) is 5.28. The van der Waals surface area contributed by atoms with E-state index in [9.17, 15) is 13.2 Å². The maximum absolute atomic E-state index is 13.0. The lowest BCUT2D eigenvalue weighted by molar-refractivity contribution is 0.0602. The predicted octanol–water partition coefficient (Wildman–Crippen LogP) is 1.77. The van der Waals surface area contributed by atoms with E-state index in [0.29, 0.717) is 32.7 Å². The monoisotopic (exact) mass is 424 g/mol. The van der Waals surface area contributed by atoms with Crippen molar-refractivity contribution in [2.24, 2.45) is 0 Å². The van der Waals surface area contributed by atoms with Crippen LogP contribution in [0.1, 0.15) is 15.2 Å². The second-order valence-corrected chi connectivity index (χ2v) is 9.30. The minimum absolute atomic E-state index is 0.0218. The standard InChI is InChI=1S/C18H20N2O6S2/c1-24-18(21)17-16(4-9-27-17)28(22,23)20-7-5-19(6-8-20)11-13-2-3-14-15(10-13)26-12-25-14/h2-4,9-10H,5-8,11-12H2,1H3. The number of sulfonamides is 1. The van der Waals surface area contributed by atoms with Crippen LogP contribution in [0.5, 0.6) is 11.5 Å². The van der Waals surface area contributed by atoms with Gasteiger partial charge in [0.1, 0.15) is 9.77 Å². The number of rotatable bonds is 5. The van der Waals surface area contributed by atoms with Gasteiger partial charge in [0, 0.05) is 32.7 Å². The summed E-state index contributed by atoms with van der Waals surface area (Å²) in [5, 5.41) is 1.59. The average molecular weight is 425 g/mol. The molecule has 0 aliphatic carbocycles. The first-order chi connectivity index (χ1) is 13.5. The van der Waals surface area contributed by atoms with Gasteiger partial charge in [-0.25, -0.2) is 13.2 Å². The second kappa shape index (κ2) is 7.70. The molecule has 0 bridgehead atoms. The largest absolute Gasteiger partial charge is 0.465 e. The Morgan fingerprint density at radius 2 is 1.89 bits per heavy atom. The molecule has 28 heavy (non-hydrogen) atoms. The number of piperazine rings is 1.